The van der Waals surface area contributed by atoms with Crippen molar-refractivity contribution in [1.82, 2.24) is 10.2 Å². The van der Waals surface area contributed by atoms with E-state index in [0.717, 1.165) is 0 Å². The highest BCUT2D eigenvalue weighted by molar-refractivity contribution is 5.88. The molecular weight excluding hydrogens is 378 g/mol. The van der Waals surface area contributed by atoms with Crippen molar-refractivity contribution in [2.75, 3.05) is 6.61 Å². The molecule has 2 aromatic rings. The van der Waals surface area contributed by atoms with Crippen LogP contribution in [-0.4, -0.2) is 34.9 Å². The van der Waals surface area contributed by atoms with Gasteiger partial charge in [0, 0.05) is 17.6 Å². The second-order valence-electron chi connectivity index (χ2n) is 7.75. The first-order valence-electron chi connectivity index (χ1n) is 9.30. The maximum atomic E-state index is 14.1. The lowest BCUT2D eigenvalue weighted by Crippen LogP contribution is -2.53. The summed E-state index contributed by atoms with van der Waals surface area (Å²) in [5.41, 5.74) is -0.232. The number of rotatable bonds is 7. The molecule has 0 aliphatic heterocycles. The van der Waals surface area contributed by atoms with Crippen LogP contribution in [-0.2, 0) is 16.1 Å². The highest BCUT2D eigenvalue weighted by atomic mass is 19.1. The van der Waals surface area contributed by atoms with Crippen LogP contribution in [0.1, 0.15) is 33.3 Å². The van der Waals surface area contributed by atoms with Gasteiger partial charge in [-0.2, -0.15) is 0 Å². The number of carbonyl (C=O) groups is 2. The second-order valence-corrected chi connectivity index (χ2v) is 7.75. The third-order valence-corrected chi connectivity index (χ3v) is 4.15. The smallest absolute Gasteiger partial charge is 0.261 e. The summed E-state index contributed by atoms with van der Waals surface area (Å²) in [5.74, 6) is -2.09. The van der Waals surface area contributed by atoms with Gasteiger partial charge in [0.1, 0.15) is 11.9 Å². The van der Waals surface area contributed by atoms with E-state index < -0.39 is 35.7 Å². The van der Waals surface area contributed by atoms with E-state index in [9.17, 15) is 18.4 Å². The summed E-state index contributed by atoms with van der Waals surface area (Å²) in [6.07, 6.45) is 0. The quantitative estimate of drug-likeness (QED) is 0.766. The number of hydrogen-bond acceptors (Lipinski definition) is 3. The Kier molecular flexibility index (Phi) is 7.31. The Bertz CT molecular complexity index is 865. The first kappa shape index (κ1) is 22.3. The minimum atomic E-state index is -0.884. The van der Waals surface area contributed by atoms with Gasteiger partial charge in [-0.1, -0.05) is 30.3 Å². The van der Waals surface area contributed by atoms with Gasteiger partial charge in [-0.25, -0.2) is 8.78 Å². The predicted molar refractivity (Wildman–Crippen MR) is 106 cm³/mol. The van der Waals surface area contributed by atoms with Crippen LogP contribution in [0.25, 0.3) is 0 Å². The summed E-state index contributed by atoms with van der Waals surface area (Å²) in [6.45, 7) is 6.42. The Morgan fingerprint density at radius 1 is 1.03 bits per heavy atom. The Morgan fingerprint density at radius 2 is 1.62 bits per heavy atom. The molecule has 7 heteroatoms. The molecule has 0 aromatic heterocycles. The van der Waals surface area contributed by atoms with E-state index in [1.54, 1.807) is 31.2 Å². The van der Waals surface area contributed by atoms with Gasteiger partial charge in [0.05, 0.1) is 0 Å². The molecular formula is C22H26F2N2O3. The normalized spacial score (nSPS) is 12.2. The number of hydrogen-bond donors (Lipinski definition) is 1. The fourth-order valence-electron chi connectivity index (χ4n) is 2.65. The van der Waals surface area contributed by atoms with Crippen LogP contribution in [0.4, 0.5) is 8.78 Å². The van der Waals surface area contributed by atoms with Gasteiger partial charge < -0.3 is 15.0 Å². The number of ether oxygens (including phenoxy) is 1. The summed E-state index contributed by atoms with van der Waals surface area (Å²) in [5, 5.41) is 2.81. The van der Waals surface area contributed by atoms with Crippen LogP contribution in [0.3, 0.4) is 0 Å². The summed E-state index contributed by atoms with van der Waals surface area (Å²) in [6, 6.07) is 10.8. The third kappa shape index (κ3) is 6.55. The van der Waals surface area contributed by atoms with Crippen LogP contribution in [0, 0.1) is 11.6 Å². The molecule has 5 nitrogen and oxygen atoms in total. The number of nitrogens with zero attached hydrogens (tertiary/aromatic N) is 1. The third-order valence-electron chi connectivity index (χ3n) is 4.15. The van der Waals surface area contributed by atoms with E-state index in [1.165, 1.54) is 29.2 Å². The largest absolute Gasteiger partial charge is 0.481 e. The van der Waals surface area contributed by atoms with E-state index in [1.807, 2.05) is 20.8 Å². The lowest BCUT2D eigenvalue weighted by molar-refractivity contribution is -0.142. The summed E-state index contributed by atoms with van der Waals surface area (Å²) in [7, 11) is 0. The second kappa shape index (κ2) is 9.49. The Labute approximate surface area is 169 Å². The van der Waals surface area contributed by atoms with E-state index in [-0.39, 0.29) is 23.8 Å². The molecule has 0 fully saturated rings. The monoisotopic (exact) mass is 404 g/mol. The zero-order valence-electron chi connectivity index (χ0n) is 17.0. The molecule has 1 atom stereocenters. The summed E-state index contributed by atoms with van der Waals surface area (Å²) >= 11 is 0. The van der Waals surface area contributed by atoms with Crippen molar-refractivity contribution in [3.63, 3.8) is 0 Å². The molecule has 29 heavy (non-hydrogen) atoms. The molecule has 0 aliphatic carbocycles. The van der Waals surface area contributed by atoms with Gasteiger partial charge in [-0.3, -0.25) is 9.59 Å². The lowest BCUT2D eigenvalue weighted by atomic mass is 10.1. The average molecular weight is 404 g/mol. The highest BCUT2D eigenvalue weighted by Gasteiger charge is 2.29. The fourth-order valence-corrected chi connectivity index (χ4v) is 2.65. The summed E-state index contributed by atoms with van der Waals surface area (Å²) in [4.78, 5) is 26.7. The Hall–Kier alpha value is -2.96. The number of halogens is 2. The zero-order valence-corrected chi connectivity index (χ0v) is 17.0. The molecule has 0 saturated carbocycles. The van der Waals surface area contributed by atoms with Crippen molar-refractivity contribution in [2.45, 2.75) is 45.8 Å². The van der Waals surface area contributed by atoms with Crippen LogP contribution >= 0.6 is 0 Å². The molecule has 2 amide bonds. The van der Waals surface area contributed by atoms with E-state index >= 15 is 0 Å². The molecule has 2 rings (SSSR count). The van der Waals surface area contributed by atoms with E-state index in [0.29, 0.717) is 0 Å². The first-order chi connectivity index (χ1) is 13.6. The Morgan fingerprint density at radius 3 is 2.21 bits per heavy atom. The fraction of sp³-hybridized carbons (Fsp3) is 0.364. The molecule has 1 N–H and O–H groups in total. The van der Waals surface area contributed by atoms with Crippen molar-refractivity contribution in [3.8, 4) is 5.75 Å². The first-order valence-corrected chi connectivity index (χ1v) is 9.30. The molecule has 0 radical (unpaired) electrons. The van der Waals surface area contributed by atoms with Crippen molar-refractivity contribution in [1.29, 1.82) is 0 Å². The molecule has 0 spiro atoms. The van der Waals surface area contributed by atoms with Gasteiger partial charge in [-0.05, 0) is 45.9 Å². The van der Waals surface area contributed by atoms with Gasteiger partial charge in [0.15, 0.2) is 18.2 Å². The van der Waals surface area contributed by atoms with Crippen LogP contribution in [0.2, 0.25) is 0 Å². The van der Waals surface area contributed by atoms with Crippen molar-refractivity contribution >= 4 is 11.8 Å². The molecule has 0 bridgehead atoms. The van der Waals surface area contributed by atoms with Crippen molar-refractivity contribution in [3.05, 3.63) is 65.7 Å². The standard InChI is InChI=1S/C22H26F2N2O3/c1-15(21(28)25-22(2,3)4)26(13-16-9-5-6-10-17(16)23)20(27)14-29-19-12-8-7-11-18(19)24/h5-12,15H,13-14H2,1-4H3,(H,25,28). The minimum Gasteiger partial charge on any atom is -0.481 e. The van der Waals surface area contributed by atoms with E-state index in [2.05, 4.69) is 5.32 Å². The van der Waals surface area contributed by atoms with Gasteiger partial charge in [0.2, 0.25) is 5.91 Å². The molecule has 2 aromatic carbocycles. The number of para-hydroxylation sites is 1. The SMILES string of the molecule is CC(C(=O)NC(C)(C)C)N(Cc1ccccc1F)C(=O)COc1ccccc1F. The van der Waals surface area contributed by atoms with Gasteiger partial charge in [0.25, 0.3) is 5.91 Å². The Balaban J connectivity index is 2.20. The number of carbonyl (C=O) groups excluding carboxylic acids is 2. The van der Waals surface area contributed by atoms with Crippen LogP contribution in [0.15, 0.2) is 48.5 Å². The number of nitrogens with one attached hydrogen (secondary N) is 1. The average Bonchev–Trinajstić information content (AvgIpc) is 2.64. The maximum absolute atomic E-state index is 14.1. The van der Waals surface area contributed by atoms with Crippen LogP contribution < -0.4 is 10.1 Å². The van der Waals surface area contributed by atoms with Crippen LogP contribution in [0.5, 0.6) is 5.75 Å². The molecule has 0 aliphatic rings. The molecule has 156 valence electrons. The van der Waals surface area contributed by atoms with Crippen molar-refractivity contribution in [2.24, 2.45) is 0 Å². The predicted octanol–water partition coefficient (Wildman–Crippen LogP) is 3.68. The highest BCUT2D eigenvalue weighted by Crippen LogP contribution is 2.17. The summed E-state index contributed by atoms with van der Waals surface area (Å²) < 4.78 is 33.2. The number of benzene rings is 2. The zero-order chi connectivity index (χ0) is 21.6. The van der Waals surface area contributed by atoms with Gasteiger partial charge in [-0.15, -0.1) is 0 Å². The molecule has 0 saturated heterocycles. The maximum Gasteiger partial charge on any atom is 0.261 e. The van der Waals surface area contributed by atoms with Crippen molar-refractivity contribution < 1.29 is 23.1 Å². The minimum absolute atomic E-state index is 0.0708. The molecule has 0 heterocycles. The lowest BCUT2D eigenvalue weighted by Gasteiger charge is -2.31. The topological polar surface area (TPSA) is 58.6 Å². The molecule has 1 unspecified atom stereocenters. The number of amides is 2. The van der Waals surface area contributed by atoms with Gasteiger partial charge >= 0.3 is 0 Å². The van der Waals surface area contributed by atoms with E-state index in [4.69, 9.17) is 4.74 Å².